The Morgan fingerprint density at radius 2 is 1.71 bits per heavy atom. The summed E-state index contributed by atoms with van der Waals surface area (Å²) in [6.07, 6.45) is 3.32. The summed E-state index contributed by atoms with van der Waals surface area (Å²) in [7, 11) is 3.26. The molecule has 0 radical (unpaired) electrons. The van der Waals surface area contributed by atoms with Gasteiger partial charge >= 0.3 is 0 Å². The molecule has 5 heteroatoms. The smallest absolute Gasteiger partial charge is 0.163 e. The molecule has 0 unspecified atom stereocenters. The van der Waals surface area contributed by atoms with E-state index in [-0.39, 0.29) is 0 Å². The summed E-state index contributed by atoms with van der Waals surface area (Å²) in [5.41, 5.74) is 3.62. The lowest BCUT2D eigenvalue weighted by molar-refractivity contribution is 0.355. The van der Waals surface area contributed by atoms with E-state index in [2.05, 4.69) is 21.0 Å². The molecule has 118 valence electrons. The lowest BCUT2D eigenvalue weighted by Gasteiger charge is -2.13. The van der Waals surface area contributed by atoms with Crippen LogP contribution in [-0.4, -0.2) is 29.2 Å². The number of fused-ring (bicyclic) bond motifs is 2. The molecule has 5 nitrogen and oxygen atoms in total. The summed E-state index contributed by atoms with van der Waals surface area (Å²) in [6, 6.07) is 13.9. The molecule has 0 atom stereocenters. The van der Waals surface area contributed by atoms with E-state index in [4.69, 9.17) is 9.47 Å². The van der Waals surface area contributed by atoms with Crippen LogP contribution in [0, 0.1) is 0 Å². The van der Waals surface area contributed by atoms with Gasteiger partial charge in [0.05, 0.1) is 19.7 Å². The zero-order chi connectivity index (χ0) is 16.5. The van der Waals surface area contributed by atoms with Gasteiger partial charge in [0.2, 0.25) is 0 Å². The highest BCUT2D eigenvalue weighted by molar-refractivity contribution is 6.08. The van der Waals surface area contributed by atoms with Crippen LogP contribution in [0.15, 0.2) is 55.0 Å². The van der Waals surface area contributed by atoms with Crippen LogP contribution in [0.5, 0.6) is 11.5 Å². The Labute approximate surface area is 138 Å². The fourth-order valence-corrected chi connectivity index (χ4v) is 2.93. The number of methoxy groups -OCH3 is 2. The van der Waals surface area contributed by atoms with Crippen molar-refractivity contribution in [3.8, 4) is 22.6 Å². The van der Waals surface area contributed by atoms with E-state index >= 15 is 0 Å². The molecule has 0 spiro atoms. The van der Waals surface area contributed by atoms with Crippen molar-refractivity contribution < 1.29 is 9.47 Å². The number of para-hydroxylation sites is 1. The molecule has 0 aliphatic heterocycles. The first kappa shape index (κ1) is 14.4. The molecule has 0 aliphatic rings. The van der Waals surface area contributed by atoms with Gasteiger partial charge in [-0.05, 0) is 23.8 Å². The maximum atomic E-state index is 5.45. The molecule has 4 aromatic rings. The maximum Gasteiger partial charge on any atom is 0.163 e. The van der Waals surface area contributed by atoms with Gasteiger partial charge in [-0.1, -0.05) is 24.3 Å². The number of aromatic nitrogens is 3. The molecule has 0 N–H and O–H groups in total. The fourth-order valence-electron chi connectivity index (χ4n) is 2.93. The van der Waals surface area contributed by atoms with E-state index in [0.29, 0.717) is 17.1 Å². The predicted octanol–water partition coefficient (Wildman–Crippen LogP) is 3.86. The standard InChI is InChI=1S/C19H15N3O2/c1-23-16-8-7-12(9-17(16)24-2)18-13-5-3-4-6-15(13)22-19-14(18)10-20-11-21-19/h3-11H,1-2H3. The van der Waals surface area contributed by atoms with Gasteiger partial charge in [-0.25, -0.2) is 15.0 Å². The number of ether oxygens (including phenoxy) is 2. The highest BCUT2D eigenvalue weighted by atomic mass is 16.5. The molecule has 2 heterocycles. The van der Waals surface area contributed by atoms with Gasteiger partial charge in [0.25, 0.3) is 0 Å². The summed E-state index contributed by atoms with van der Waals surface area (Å²) in [4.78, 5) is 13.1. The van der Waals surface area contributed by atoms with Gasteiger partial charge in [-0.3, -0.25) is 0 Å². The summed E-state index contributed by atoms with van der Waals surface area (Å²) in [5, 5.41) is 1.95. The minimum absolute atomic E-state index is 0.675. The van der Waals surface area contributed by atoms with Crippen LogP contribution in [-0.2, 0) is 0 Å². The van der Waals surface area contributed by atoms with Crippen molar-refractivity contribution in [3.05, 3.63) is 55.0 Å². The van der Waals surface area contributed by atoms with Gasteiger partial charge < -0.3 is 9.47 Å². The molecule has 2 aromatic carbocycles. The first-order valence-corrected chi connectivity index (χ1v) is 7.52. The Hall–Kier alpha value is -3.21. The second kappa shape index (κ2) is 5.77. The highest BCUT2D eigenvalue weighted by Crippen LogP contribution is 2.38. The van der Waals surface area contributed by atoms with Crippen LogP contribution in [0.3, 0.4) is 0 Å². The van der Waals surface area contributed by atoms with Crippen LogP contribution in [0.4, 0.5) is 0 Å². The van der Waals surface area contributed by atoms with Crippen molar-refractivity contribution >= 4 is 21.9 Å². The SMILES string of the molecule is COc1ccc(-c2c3ccccc3nc3ncncc23)cc1OC. The summed E-state index contributed by atoms with van der Waals surface area (Å²) in [5.74, 6) is 1.38. The minimum atomic E-state index is 0.675. The number of hydrogen-bond donors (Lipinski definition) is 0. The Morgan fingerprint density at radius 1 is 0.875 bits per heavy atom. The average Bonchev–Trinajstić information content (AvgIpc) is 2.65. The van der Waals surface area contributed by atoms with Crippen molar-refractivity contribution in [2.24, 2.45) is 0 Å². The van der Waals surface area contributed by atoms with Crippen LogP contribution in [0.25, 0.3) is 33.1 Å². The van der Waals surface area contributed by atoms with Crippen molar-refractivity contribution in [1.29, 1.82) is 0 Å². The van der Waals surface area contributed by atoms with Gasteiger partial charge in [-0.15, -0.1) is 0 Å². The third-order valence-electron chi connectivity index (χ3n) is 4.03. The number of rotatable bonds is 3. The monoisotopic (exact) mass is 317 g/mol. The fraction of sp³-hybridized carbons (Fsp3) is 0.105. The third-order valence-corrected chi connectivity index (χ3v) is 4.03. The topological polar surface area (TPSA) is 57.1 Å². The first-order valence-electron chi connectivity index (χ1n) is 7.52. The van der Waals surface area contributed by atoms with Crippen LogP contribution in [0.2, 0.25) is 0 Å². The van der Waals surface area contributed by atoms with Gasteiger partial charge in [0.15, 0.2) is 17.1 Å². The lowest BCUT2D eigenvalue weighted by atomic mass is 9.98. The molecule has 4 rings (SSSR count). The Morgan fingerprint density at radius 3 is 2.54 bits per heavy atom. The highest BCUT2D eigenvalue weighted by Gasteiger charge is 2.14. The zero-order valence-electron chi connectivity index (χ0n) is 13.4. The molecule has 0 fully saturated rings. The Bertz CT molecular complexity index is 993. The molecule has 0 saturated heterocycles. The van der Waals surface area contributed by atoms with Gasteiger partial charge in [0.1, 0.15) is 6.33 Å². The molecule has 2 aromatic heterocycles. The number of hydrogen-bond acceptors (Lipinski definition) is 5. The quantitative estimate of drug-likeness (QED) is 0.537. The van der Waals surface area contributed by atoms with Crippen LogP contribution >= 0.6 is 0 Å². The Balaban J connectivity index is 2.10. The number of nitrogens with zero attached hydrogens (tertiary/aromatic N) is 3. The van der Waals surface area contributed by atoms with E-state index in [1.54, 1.807) is 20.4 Å². The van der Waals surface area contributed by atoms with E-state index in [1.165, 1.54) is 6.33 Å². The molecule has 24 heavy (non-hydrogen) atoms. The van der Waals surface area contributed by atoms with Crippen molar-refractivity contribution in [2.45, 2.75) is 0 Å². The van der Waals surface area contributed by atoms with E-state index < -0.39 is 0 Å². The summed E-state index contributed by atoms with van der Waals surface area (Å²) >= 11 is 0. The second-order valence-corrected chi connectivity index (χ2v) is 5.33. The predicted molar refractivity (Wildman–Crippen MR) is 93.4 cm³/mol. The minimum Gasteiger partial charge on any atom is -0.493 e. The first-order chi connectivity index (χ1) is 11.8. The molecule has 0 bridgehead atoms. The van der Waals surface area contributed by atoms with Crippen molar-refractivity contribution in [3.63, 3.8) is 0 Å². The van der Waals surface area contributed by atoms with Crippen molar-refractivity contribution in [2.75, 3.05) is 14.2 Å². The van der Waals surface area contributed by atoms with Gasteiger partial charge in [-0.2, -0.15) is 0 Å². The molecular weight excluding hydrogens is 302 g/mol. The van der Waals surface area contributed by atoms with E-state index in [1.807, 2.05) is 36.4 Å². The Kier molecular flexibility index (Phi) is 3.46. The van der Waals surface area contributed by atoms with Crippen LogP contribution < -0.4 is 9.47 Å². The number of pyridine rings is 1. The lowest BCUT2D eigenvalue weighted by Crippen LogP contribution is -1.94. The maximum absolute atomic E-state index is 5.45. The summed E-state index contributed by atoms with van der Waals surface area (Å²) < 4.78 is 10.8. The molecular formula is C19H15N3O2. The summed E-state index contributed by atoms with van der Waals surface area (Å²) in [6.45, 7) is 0. The third kappa shape index (κ3) is 2.22. The largest absolute Gasteiger partial charge is 0.493 e. The number of benzene rings is 2. The zero-order valence-corrected chi connectivity index (χ0v) is 13.4. The van der Waals surface area contributed by atoms with E-state index in [0.717, 1.165) is 27.4 Å². The van der Waals surface area contributed by atoms with Crippen molar-refractivity contribution in [1.82, 2.24) is 15.0 Å². The van der Waals surface area contributed by atoms with Gasteiger partial charge in [0, 0.05) is 22.5 Å². The molecule has 0 saturated carbocycles. The van der Waals surface area contributed by atoms with Crippen LogP contribution in [0.1, 0.15) is 0 Å². The molecule has 0 amide bonds. The normalized spacial score (nSPS) is 10.9. The molecule has 0 aliphatic carbocycles. The second-order valence-electron chi connectivity index (χ2n) is 5.33. The van der Waals surface area contributed by atoms with E-state index in [9.17, 15) is 0 Å². The average molecular weight is 317 g/mol.